The van der Waals surface area contributed by atoms with Crippen molar-refractivity contribution in [3.05, 3.63) is 36.2 Å². The fourth-order valence-electron chi connectivity index (χ4n) is 2.79. The number of hydrogen-bond donors (Lipinski definition) is 0. The van der Waals surface area contributed by atoms with Crippen LogP contribution >= 0.6 is 0 Å². The number of rotatable bonds is 8. The molecule has 2 rings (SSSR count). The molecule has 1 aromatic carbocycles. The molecule has 144 valence electrons. The third kappa shape index (κ3) is 5.71. The second-order valence-corrected chi connectivity index (χ2v) is 14.7. The molecule has 0 spiro atoms. The number of aromatic nitrogens is 4. The zero-order valence-electron chi connectivity index (χ0n) is 16.3. The summed E-state index contributed by atoms with van der Waals surface area (Å²) in [4.78, 5) is 0. The molecule has 1 unspecified atom stereocenters. The van der Waals surface area contributed by atoms with Gasteiger partial charge in [-0.2, -0.15) is 4.68 Å². The lowest BCUT2D eigenvalue weighted by atomic mass is 9.95. The molecule has 9 heteroatoms. The number of para-hydroxylation sites is 1. The van der Waals surface area contributed by atoms with E-state index in [4.69, 9.17) is 4.43 Å². The lowest BCUT2D eigenvalue weighted by molar-refractivity contribution is 0.0533. The van der Waals surface area contributed by atoms with Crippen molar-refractivity contribution in [2.75, 3.05) is 5.75 Å². The first kappa shape index (κ1) is 20.7. The van der Waals surface area contributed by atoms with E-state index >= 15 is 0 Å². The smallest absolute Gasteiger partial charge is 0.184 e. The second-order valence-electron chi connectivity index (χ2n) is 8.12. The van der Waals surface area contributed by atoms with Crippen molar-refractivity contribution in [3.63, 3.8) is 0 Å². The Bertz CT molecular complexity index is 829. The summed E-state index contributed by atoms with van der Waals surface area (Å²) in [6.07, 6.45) is 0. The first-order chi connectivity index (χ1) is 11.9. The molecule has 0 saturated heterocycles. The summed E-state index contributed by atoms with van der Waals surface area (Å²) < 4.78 is 33.2. The van der Waals surface area contributed by atoms with Crippen molar-refractivity contribution in [1.82, 2.24) is 20.2 Å². The topological polar surface area (TPSA) is 87.0 Å². The van der Waals surface area contributed by atoms with Gasteiger partial charge in [-0.05, 0) is 62.0 Å². The summed E-state index contributed by atoms with van der Waals surface area (Å²) in [7, 11) is -5.18. The van der Waals surface area contributed by atoms with Crippen molar-refractivity contribution in [1.29, 1.82) is 0 Å². The van der Waals surface area contributed by atoms with E-state index in [0.717, 1.165) is 5.69 Å². The van der Waals surface area contributed by atoms with Gasteiger partial charge >= 0.3 is 0 Å². The van der Waals surface area contributed by atoms with Crippen LogP contribution in [0, 0.1) is 5.92 Å². The summed E-state index contributed by atoms with van der Waals surface area (Å²) in [6, 6.07) is 9.26. The van der Waals surface area contributed by atoms with Gasteiger partial charge in [0, 0.05) is 0 Å². The molecule has 1 atom stereocenters. The van der Waals surface area contributed by atoms with E-state index < -0.39 is 23.8 Å². The first-order valence-corrected chi connectivity index (χ1v) is 13.9. The molecule has 0 saturated carbocycles. The fourth-order valence-corrected chi connectivity index (χ4v) is 6.43. The fraction of sp³-hybridized carbons (Fsp3) is 0.588. The van der Waals surface area contributed by atoms with Crippen molar-refractivity contribution < 1.29 is 12.8 Å². The van der Waals surface area contributed by atoms with Crippen molar-refractivity contribution in [3.8, 4) is 5.69 Å². The molecule has 0 aliphatic rings. The molecule has 0 N–H and O–H groups in total. The Balaban J connectivity index is 2.14. The Labute approximate surface area is 156 Å². The van der Waals surface area contributed by atoms with Crippen LogP contribution in [0.2, 0.25) is 19.6 Å². The number of nitrogens with zero attached hydrogens (tertiary/aromatic N) is 4. The van der Waals surface area contributed by atoms with Crippen LogP contribution in [0.25, 0.3) is 5.69 Å². The minimum atomic E-state index is -3.40. The Morgan fingerprint density at radius 1 is 1.19 bits per heavy atom. The predicted molar refractivity (Wildman–Crippen MR) is 104 cm³/mol. The van der Waals surface area contributed by atoms with Gasteiger partial charge in [0.1, 0.15) is 5.75 Å². The molecule has 7 nitrogen and oxygen atoms in total. The number of benzene rings is 1. The van der Waals surface area contributed by atoms with Gasteiger partial charge in [0.25, 0.3) is 0 Å². The van der Waals surface area contributed by atoms with Crippen LogP contribution in [0.4, 0.5) is 0 Å². The third-order valence-corrected chi connectivity index (χ3v) is 6.99. The Morgan fingerprint density at radius 3 is 2.38 bits per heavy atom. The van der Waals surface area contributed by atoms with Gasteiger partial charge in [0.15, 0.2) is 24.0 Å². The molecule has 26 heavy (non-hydrogen) atoms. The highest BCUT2D eigenvalue weighted by atomic mass is 32.2. The van der Waals surface area contributed by atoms with Crippen LogP contribution < -0.4 is 0 Å². The maximum Gasteiger partial charge on any atom is 0.184 e. The summed E-state index contributed by atoms with van der Waals surface area (Å²) in [5.74, 6) is -0.0263. The van der Waals surface area contributed by atoms with Gasteiger partial charge in [-0.25, -0.2) is 8.42 Å². The van der Waals surface area contributed by atoms with Crippen LogP contribution in [0.5, 0.6) is 0 Å². The largest absolute Gasteiger partial charge is 0.412 e. The molecule has 0 aliphatic carbocycles. The van der Waals surface area contributed by atoms with Crippen molar-refractivity contribution in [2.45, 2.75) is 51.8 Å². The van der Waals surface area contributed by atoms with E-state index in [0.29, 0.717) is 5.82 Å². The average molecular weight is 397 g/mol. The van der Waals surface area contributed by atoms with E-state index in [1.807, 2.05) is 51.1 Å². The van der Waals surface area contributed by atoms with E-state index in [-0.39, 0.29) is 17.4 Å². The zero-order valence-corrected chi connectivity index (χ0v) is 18.1. The lowest BCUT2D eigenvalue weighted by Crippen LogP contribution is -2.45. The van der Waals surface area contributed by atoms with E-state index in [9.17, 15) is 8.42 Å². The normalized spacial score (nSPS) is 14.4. The van der Waals surface area contributed by atoms with Crippen LogP contribution in [-0.2, 0) is 20.0 Å². The predicted octanol–water partition coefficient (Wildman–Crippen LogP) is 2.84. The highest BCUT2D eigenvalue weighted by Gasteiger charge is 2.35. The minimum absolute atomic E-state index is 0.0200. The molecular formula is C17H28N4O3SSi. The molecule has 0 radical (unpaired) electrons. The van der Waals surface area contributed by atoms with Crippen LogP contribution in [0.15, 0.2) is 30.3 Å². The maximum absolute atomic E-state index is 12.8. The second kappa shape index (κ2) is 7.57. The lowest BCUT2D eigenvalue weighted by Gasteiger charge is -2.37. The van der Waals surface area contributed by atoms with Crippen molar-refractivity contribution in [2.24, 2.45) is 5.92 Å². The van der Waals surface area contributed by atoms with Gasteiger partial charge in [-0.3, -0.25) is 0 Å². The number of sulfone groups is 1. The Hall–Kier alpha value is -1.58. The van der Waals surface area contributed by atoms with E-state index in [2.05, 4.69) is 35.2 Å². The summed E-state index contributed by atoms with van der Waals surface area (Å²) in [5, 5.41) is 11.5. The van der Waals surface area contributed by atoms with Crippen LogP contribution in [0.1, 0.15) is 26.6 Å². The molecule has 0 aliphatic heterocycles. The molecule has 0 amide bonds. The van der Waals surface area contributed by atoms with Gasteiger partial charge in [0.2, 0.25) is 0 Å². The van der Waals surface area contributed by atoms with Gasteiger partial charge in [-0.1, -0.05) is 25.1 Å². The SMILES string of the molecule is CC(CS(=O)(=O)Cc1nnnn1-c1ccccc1)C(C)(C)O[Si](C)(C)C. The Kier molecular flexibility index (Phi) is 6.04. The van der Waals surface area contributed by atoms with E-state index in [1.54, 1.807) is 0 Å². The molecule has 0 bridgehead atoms. The minimum Gasteiger partial charge on any atom is -0.412 e. The zero-order chi connectivity index (χ0) is 19.6. The van der Waals surface area contributed by atoms with Crippen molar-refractivity contribution >= 4 is 18.2 Å². The maximum atomic E-state index is 12.8. The molecule has 1 heterocycles. The number of hydrogen-bond acceptors (Lipinski definition) is 6. The quantitative estimate of drug-likeness (QED) is 0.638. The van der Waals surface area contributed by atoms with Crippen LogP contribution in [-0.4, -0.2) is 48.3 Å². The van der Waals surface area contributed by atoms with E-state index in [1.165, 1.54) is 4.68 Å². The highest BCUT2D eigenvalue weighted by molar-refractivity contribution is 7.90. The van der Waals surface area contributed by atoms with Gasteiger partial charge in [0.05, 0.1) is 17.0 Å². The molecule has 0 fully saturated rings. The van der Waals surface area contributed by atoms with Gasteiger partial charge in [-0.15, -0.1) is 5.10 Å². The van der Waals surface area contributed by atoms with Crippen LogP contribution in [0.3, 0.4) is 0 Å². The number of tetrazole rings is 1. The summed E-state index contributed by atoms with van der Waals surface area (Å²) in [6.45, 7) is 12.1. The highest BCUT2D eigenvalue weighted by Crippen LogP contribution is 2.27. The monoisotopic (exact) mass is 396 g/mol. The summed E-state index contributed by atoms with van der Waals surface area (Å²) in [5.41, 5.74) is 0.223. The summed E-state index contributed by atoms with van der Waals surface area (Å²) >= 11 is 0. The van der Waals surface area contributed by atoms with Gasteiger partial charge < -0.3 is 4.43 Å². The first-order valence-electron chi connectivity index (χ1n) is 8.63. The Morgan fingerprint density at radius 2 is 1.81 bits per heavy atom. The average Bonchev–Trinajstić information content (AvgIpc) is 2.92. The third-order valence-electron chi connectivity index (χ3n) is 4.14. The molecule has 1 aromatic heterocycles. The molecular weight excluding hydrogens is 368 g/mol. The molecule has 2 aromatic rings. The standard InChI is InChI=1S/C17H28N4O3SSi/c1-14(17(2,3)24-26(4,5)6)12-25(22,23)13-16-18-19-20-21(16)15-10-8-7-9-11-15/h7-11,14H,12-13H2,1-6H3.